The van der Waals surface area contributed by atoms with Gasteiger partial charge in [0.05, 0.1) is 69.6 Å². The molecule has 0 bridgehead atoms. The number of aromatic nitrogens is 3. The molecule has 4 N–H and O–H groups in total. The number of rotatable bonds is 23. The maximum Gasteiger partial charge on any atom is 0.269 e. The minimum Gasteiger partial charge on any atom is -0.497 e. The average molecular weight is 932 g/mol. The van der Waals surface area contributed by atoms with Crippen molar-refractivity contribution in [1.82, 2.24) is 40.7 Å². The zero-order chi connectivity index (χ0) is 47.7. The second kappa shape index (κ2) is 25.1. The molecule has 2 fully saturated rings. The number of H-pyrrole nitrogens is 1. The van der Waals surface area contributed by atoms with Crippen molar-refractivity contribution < 1.29 is 33.3 Å². The highest BCUT2D eigenvalue weighted by Gasteiger charge is 2.25. The van der Waals surface area contributed by atoms with E-state index in [-0.39, 0.29) is 35.7 Å². The summed E-state index contributed by atoms with van der Waals surface area (Å²) in [5.74, 6) is 1.20. The Labute approximate surface area is 397 Å². The highest BCUT2D eigenvalue weighted by molar-refractivity contribution is 5.94. The molecule has 7 rings (SSSR count). The number of carbonyl (C=O) groups is 3. The molecular formula is C51H65N9O8. The second-order valence-electron chi connectivity index (χ2n) is 17.0. The minimum absolute atomic E-state index is 0.0464. The van der Waals surface area contributed by atoms with Crippen molar-refractivity contribution in [3.63, 3.8) is 0 Å². The van der Waals surface area contributed by atoms with Gasteiger partial charge in [0.1, 0.15) is 17.2 Å². The van der Waals surface area contributed by atoms with E-state index >= 15 is 0 Å². The van der Waals surface area contributed by atoms with Gasteiger partial charge in [-0.15, -0.1) is 0 Å². The summed E-state index contributed by atoms with van der Waals surface area (Å²) in [6.07, 6.45) is 6.14. The van der Waals surface area contributed by atoms with Crippen molar-refractivity contribution in [2.45, 2.75) is 52.1 Å². The van der Waals surface area contributed by atoms with Gasteiger partial charge in [-0.25, -0.2) is 4.98 Å². The summed E-state index contributed by atoms with van der Waals surface area (Å²) in [6, 6.07) is 20.9. The first-order valence-corrected chi connectivity index (χ1v) is 23.8. The predicted octanol–water partition coefficient (Wildman–Crippen LogP) is 4.30. The van der Waals surface area contributed by atoms with Gasteiger partial charge in [0.25, 0.3) is 17.4 Å². The third-order valence-corrected chi connectivity index (χ3v) is 12.3. The second-order valence-corrected chi connectivity index (χ2v) is 17.0. The van der Waals surface area contributed by atoms with Crippen molar-refractivity contribution >= 4 is 34.4 Å². The summed E-state index contributed by atoms with van der Waals surface area (Å²) in [7, 11) is 1.62. The molecule has 68 heavy (non-hydrogen) atoms. The van der Waals surface area contributed by atoms with Gasteiger partial charge in [0, 0.05) is 100 Å². The van der Waals surface area contributed by atoms with Crippen molar-refractivity contribution in [2.75, 3.05) is 104 Å². The molecule has 3 aromatic heterocycles. The number of likely N-dealkylation sites (tertiary alicyclic amines) is 1. The molecule has 0 aliphatic carbocycles. The normalized spacial score (nSPS) is 15.3. The predicted molar refractivity (Wildman–Crippen MR) is 261 cm³/mol. The van der Waals surface area contributed by atoms with E-state index in [0.29, 0.717) is 83.4 Å². The largest absolute Gasteiger partial charge is 0.497 e. The molecule has 17 heteroatoms. The van der Waals surface area contributed by atoms with E-state index in [1.54, 1.807) is 25.4 Å². The van der Waals surface area contributed by atoms with Gasteiger partial charge in [-0.05, 0) is 79.8 Å². The van der Waals surface area contributed by atoms with Gasteiger partial charge in [-0.2, -0.15) is 0 Å². The molecule has 2 saturated heterocycles. The molecule has 17 nitrogen and oxygen atoms in total. The van der Waals surface area contributed by atoms with E-state index in [9.17, 15) is 19.2 Å². The molecular weight excluding hydrogens is 867 g/mol. The zero-order valence-corrected chi connectivity index (χ0v) is 39.5. The number of piperidine rings is 1. The maximum absolute atomic E-state index is 13.2. The van der Waals surface area contributed by atoms with Crippen molar-refractivity contribution in [3.05, 3.63) is 123 Å². The summed E-state index contributed by atoms with van der Waals surface area (Å²) in [5.41, 5.74) is 7.19. The molecule has 0 spiro atoms. The van der Waals surface area contributed by atoms with E-state index in [2.05, 4.69) is 40.7 Å². The van der Waals surface area contributed by atoms with Crippen molar-refractivity contribution in [3.8, 4) is 11.5 Å². The number of methoxy groups -OCH3 is 1. The van der Waals surface area contributed by atoms with Crippen LogP contribution in [0.1, 0.15) is 75.7 Å². The van der Waals surface area contributed by atoms with E-state index in [0.717, 1.165) is 96.0 Å². The number of ether oxygens (including phenoxy) is 4. The molecule has 1 atom stereocenters. The summed E-state index contributed by atoms with van der Waals surface area (Å²) >= 11 is 0. The van der Waals surface area contributed by atoms with Gasteiger partial charge in [0.15, 0.2) is 0 Å². The van der Waals surface area contributed by atoms with Gasteiger partial charge in [-0.1, -0.05) is 25.1 Å². The van der Waals surface area contributed by atoms with Crippen LogP contribution in [0.25, 0.3) is 11.0 Å². The highest BCUT2D eigenvalue weighted by atomic mass is 16.5. The number of nitrogens with one attached hydrogen (secondary N) is 4. The Hall–Kier alpha value is -6.40. The molecule has 362 valence electrons. The van der Waals surface area contributed by atoms with Crippen LogP contribution >= 0.6 is 0 Å². The maximum atomic E-state index is 13.2. The van der Waals surface area contributed by atoms with Crippen LogP contribution in [0.5, 0.6) is 11.5 Å². The fourth-order valence-electron chi connectivity index (χ4n) is 8.56. The molecule has 5 aromatic rings. The van der Waals surface area contributed by atoms with Crippen molar-refractivity contribution in [1.29, 1.82) is 0 Å². The van der Waals surface area contributed by atoms with Crippen LogP contribution in [0.15, 0.2) is 83.9 Å². The van der Waals surface area contributed by atoms with Crippen LogP contribution in [-0.2, 0) is 33.8 Å². The first kappa shape index (κ1) is 49.5. The summed E-state index contributed by atoms with van der Waals surface area (Å²) in [5, 5.41) is 9.06. The van der Waals surface area contributed by atoms with Gasteiger partial charge >= 0.3 is 0 Å². The van der Waals surface area contributed by atoms with E-state index in [1.165, 1.54) is 0 Å². The van der Waals surface area contributed by atoms with Crippen molar-refractivity contribution in [2.24, 2.45) is 0 Å². The Kier molecular flexibility index (Phi) is 18.3. The fourth-order valence-corrected chi connectivity index (χ4v) is 8.56. The molecule has 2 aliphatic heterocycles. The van der Waals surface area contributed by atoms with E-state index in [4.69, 9.17) is 18.9 Å². The van der Waals surface area contributed by atoms with Crippen LogP contribution in [0.4, 0.5) is 5.69 Å². The lowest BCUT2D eigenvalue weighted by Crippen LogP contribution is -2.46. The average Bonchev–Trinajstić information content (AvgIpc) is 3.37. The number of carbonyl (C=O) groups excluding carboxylic acids is 3. The highest BCUT2D eigenvalue weighted by Crippen LogP contribution is 2.28. The van der Waals surface area contributed by atoms with Gasteiger partial charge < -0.3 is 49.7 Å². The Morgan fingerprint density at radius 3 is 2.35 bits per heavy atom. The lowest BCUT2D eigenvalue weighted by molar-refractivity contribution is -0.131. The third-order valence-electron chi connectivity index (χ3n) is 12.3. The summed E-state index contributed by atoms with van der Waals surface area (Å²) in [6.45, 7) is 12.6. The monoisotopic (exact) mass is 931 g/mol. The van der Waals surface area contributed by atoms with Crippen LogP contribution < -0.4 is 35.9 Å². The Balaban J connectivity index is 0.724. The van der Waals surface area contributed by atoms with E-state index < -0.39 is 0 Å². The molecule has 2 aromatic carbocycles. The molecule has 2 aliphatic rings. The number of aromatic amines is 1. The molecule has 0 saturated carbocycles. The standard InChI is InChI=1S/C51H65N9O8/c1-4-37-28-45-46(57-50(37)63)26-36(30-55-45)34-58-18-20-59(21-19-58)42-12-14-44(56-32-42)51(64)54-16-23-67-25-24-66-22-15-53-49(62)39-9-6-8-38(27-39)41-10-7-17-60(35-41)48(61)33-52-31-40-11-13-43(65-3)29-47(40)68-5-2/h6,8-9,11-14,26-30,32,41,52H,4-5,7,10,15-25,31,33-35H2,1-3H3,(H,53,62)(H,54,64)(H,57,63)/t41-/m0/s1. The third kappa shape index (κ3) is 13.8. The topological polar surface area (TPSA) is 193 Å². The van der Waals surface area contributed by atoms with Gasteiger partial charge in [-0.3, -0.25) is 29.1 Å². The number of hydrogen-bond donors (Lipinski definition) is 4. The quantitative estimate of drug-likeness (QED) is 0.0679. The number of fused-ring (bicyclic) bond motifs is 1. The Bertz CT molecular complexity index is 2510. The first-order valence-electron chi connectivity index (χ1n) is 23.8. The first-order chi connectivity index (χ1) is 33.2. The molecule has 3 amide bonds. The number of nitrogens with zero attached hydrogens (tertiary/aromatic N) is 5. The molecule has 5 heterocycles. The lowest BCUT2D eigenvalue weighted by atomic mass is 9.89. The SMILES string of the molecule is CCOc1cc(OC)ccc1CNCC(=O)N1CCC[C@H](c2cccc(C(=O)NCCOCCOCCNC(=O)c3ccc(N4CCN(Cc5cnc6cc(CC)c(=O)[nH]c6c5)CC4)cn3)c2)C1. The minimum atomic E-state index is -0.267. The number of benzene rings is 2. The van der Waals surface area contributed by atoms with Crippen LogP contribution in [-0.4, -0.2) is 142 Å². The number of amides is 3. The number of pyridine rings is 3. The molecule has 0 radical (unpaired) electrons. The Morgan fingerprint density at radius 1 is 0.824 bits per heavy atom. The smallest absolute Gasteiger partial charge is 0.269 e. The lowest BCUT2D eigenvalue weighted by Gasteiger charge is -2.36. The molecule has 0 unspecified atom stereocenters. The number of piperazine rings is 1. The fraction of sp³-hybridized carbons (Fsp3) is 0.451. The van der Waals surface area contributed by atoms with E-state index in [1.807, 2.05) is 79.5 Å². The zero-order valence-electron chi connectivity index (χ0n) is 39.5. The Morgan fingerprint density at radius 2 is 1.62 bits per heavy atom. The van der Waals surface area contributed by atoms with Gasteiger partial charge in [0.2, 0.25) is 5.91 Å². The summed E-state index contributed by atoms with van der Waals surface area (Å²) < 4.78 is 22.4. The number of anilines is 1. The summed E-state index contributed by atoms with van der Waals surface area (Å²) in [4.78, 5) is 69.8. The number of hydrogen-bond acceptors (Lipinski definition) is 13. The van der Waals surface area contributed by atoms with Crippen LogP contribution in [0, 0.1) is 0 Å². The number of aryl methyl sites for hydroxylation is 1. The van der Waals surface area contributed by atoms with Crippen LogP contribution in [0.3, 0.4) is 0 Å². The van der Waals surface area contributed by atoms with Crippen LogP contribution in [0.2, 0.25) is 0 Å².